The van der Waals surface area contributed by atoms with Crippen molar-refractivity contribution in [1.82, 2.24) is 14.0 Å². The molecule has 0 aliphatic rings. The summed E-state index contributed by atoms with van der Waals surface area (Å²) in [6.07, 6.45) is 2.11. The Kier molecular flexibility index (Phi) is 6.39. The number of amides is 1. The van der Waals surface area contributed by atoms with Crippen LogP contribution in [0.3, 0.4) is 0 Å². The lowest BCUT2D eigenvalue weighted by Crippen LogP contribution is -2.24. The number of anilines is 1. The summed E-state index contributed by atoms with van der Waals surface area (Å²) in [5.74, 6) is -0.692. The first-order valence-corrected chi connectivity index (χ1v) is 10.9. The van der Waals surface area contributed by atoms with E-state index in [9.17, 15) is 26.4 Å². The molecule has 1 heterocycles. The van der Waals surface area contributed by atoms with Crippen LogP contribution in [0, 0.1) is 0 Å². The lowest BCUT2D eigenvalue weighted by atomic mass is 10.1. The van der Waals surface area contributed by atoms with Gasteiger partial charge in [0.1, 0.15) is 16.3 Å². The maximum absolute atomic E-state index is 12.3. The van der Waals surface area contributed by atoms with Crippen LogP contribution in [0.5, 0.6) is 0 Å². The number of hydrogen-bond donors (Lipinski definition) is 3. The van der Waals surface area contributed by atoms with Crippen LogP contribution in [-0.4, -0.2) is 47.2 Å². The number of sulfonamides is 2. The average Bonchev–Trinajstić information content (AvgIpc) is 3.07. The van der Waals surface area contributed by atoms with Gasteiger partial charge in [0.05, 0.1) is 0 Å². The molecule has 10 nitrogen and oxygen atoms in total. The number of carbonyl (C=O) groups excluding carboxylic acids is 2. The summed E-state index contributed by atoms with van der Waals surface area (Å²) in [6, 6.07) is 6.31. The van der Waals surface area contributed by atoms with Crippen LogP contribution in [0.2, 0.25) is 0 Å². The number of aromatic nitrogens is 1. The van der Waals surface area contributed by atoms with E-state index in [1.54, 1.807) is 18.2 Å². The summed E-state index contributed by atoms with van der Waals surface area (Å²) >= 11 is 0. The van der Waals surface area contributed by atoms with Crippen molar-refractivity contribution in [2.45, 2.75) is 23.3 Å². The van der Waals surface area contributed by atoms with Crippen molar-refractivity contribution in [2.75, 3.05) is 19.4 Å². The van der Waals surface area contributed by atoms with Crippen LogP contribution < -0.4 is 14.8 Å². The Bertz CT molecular complexity index is 1070. The number of nitrogens with one attached hydrogen (secondary N) is 3. The number of hydrogen-bond acceptors (Lipinski definition) is 6. The minimum Gasteiger partial charge on any atom is -0.342 e. The number of ketones is 1. The van der Waals surface area contributed by atoms with Gasteiger partial charge in [0.15, 0.2) is 5.78 Å². The molecule has 0 fully saturated rings. The molecule has 0 atom stereocenters. The summed E-state index contributed by atoms with van der Waals surface area (Å²) in [5, 5.41) is 2.58. The van der Waals surface area contributed by atoms with Crippen LogP contribution in [0.1, 0.15) is 17.3 Å². The van der Waals surface area contributed by atoms with Gasteiger partial charge >= 0.3 is 0 Å². The van der Waals surface area contributed by atoms with Gasteiger partial charge in [0, 0.05) is 23.6 Å². The number of benzene rings is 1. The lowest BCUT2D eigenvalue weighted by molar-refractivity contribution is -0.116. The van der Waals surface area contributed by atoms with E-state index >= 15 is 0 Å². The number of Topliss-reactive ketones (excluding diaryl/α,β-unsaturated/α-hetero) is 1. The van der Waals surface area contributed by atoms with E-state index in [1.165, 1.54) is 13.0 Å². The van der Waals surface area contributed by atoms with Crippen molar-refractivity contribution in [2.24, 2.45) is 0 Å². The summed E-state index contributed by atoms with van der Waals surface area (Å²) in [5.41, 5.74) is 0.805. The highest BCUT2D eigenvalue weighted by molar-refractivity contribution is 7.92. The molecule has 1 aromatic heterocycles. The molecule has 1 amide bonds. The molecular weight excluding hydrogens is 408 g/mol. The SMILES string of the molecule is CNS(=O)(=O)c1cn(CC(=O)Nc2cccc(C(C)=O)c2)cc1S(=O)(=O)NC. The molecular formula is C16H20N4O6S2. The topological polar surface area (TPSA) is 143 Å². The van der Waals surface area contributed by atoms with E-state index in [0.29, 0.717) is 11.3 Å². The molecule has 28 heavy (non-hydrogen) atoms. The fraction of sp³-hybridized carbons (Fsp3) is 0.250. The first-order valence-electron chi connectivity index (χ1n) is 7.98. The fourth-order valence-corrected chi connectivity index (χ4v) is 4.64. The van der Waals surface area contributed by atoms with Crippen LogP contribution in [0.25, 0.3) is 0 Å². The zero-order valence-corrected chi connectivity index (χ0v) is 17.0. The second-order valence-electron chi connectivity index (χ2n) is 5.76. The summed E-state index contributed by atoms with van der Waals surface area (Å²) in [6.45, 7) is 1.06. The van der Waals surface area contributed by atoms with Crippen molar-refractivity contribution in [3.8, 4) is 0 Å². The Morgan fingerprint density at radius 2 is 1.50 bits per heavy atom. The number of nitrogens with zero attached hydrogens (tertiary/aromatic N) is 1. The fourth-order valence-electron chi connectivity index (χ4n) is 2.36. The molecule has 12 heteroatoms. The van der Waals surface area contributed by atoms with Gasteiger partial charge in [-0.05, 0) is 33.2 Å². The largest absolute Gasteiger partial charge is 0.342 e. The molecule has 0 unspecified atom stereocenters. The quantitative estimate of drug-likeness (QED) is 0.511. The lowest BCUT2D eigenvalue weighted by Gasteiger charge is -2.07. The standard InChI is InChI=1S/C16H20N4O6S2/c1-11(21)12-5-4-6-13(7-12)19-16(22)10-20-8-14(27(23,24)17-2)15(9-20)28(25,26)18-3/h4-9,17-18H,10H2,1-3H3,(H,19,22). The highest BCUT2D eigenvalue weighted by Gasteiger charge is 2.27. The van der Waals surface area contributed by atoms with Gasteiger partial charge in [-0.3, -0.25) is 9.59 Å². The van der Waals surface area contributed by atoms with Gasteiger partial charge in [-0.15, -0.1) is 0 Å². The number of rotatable bonds is 8. The van der Waals surface area contributed by atoms with E-state index in [4.69, 9.17) is 0 Å². The monoisotopic (exact) mass is 428 g/mol. The normalized spacial score (nSPS) is 12.0. The summed E-state index contributed by atoms with van der Waals surface area (Å²) in [4.78, 5) is 22.7. The summed E-state index contributed by atoms with van der Waals surface area (Å²) in [7, 11) is -5.84. The third-order valence-electron chi connectivity index (χ3n) is 3.80. The van der Waals surface area contributed by atoms with Crippen molar-refractivity contribution >= 4 is 37.4 Å². The van der Waals surface area contributed by atoms with E-state index in [0.717, 1.165) is 31.1 Å². The smallest absolute Gasteiger partial charge is 0.244 e. The Labute approximate surface area is 163 Å². The van der Waals surface area contributed by atoms with Gasteiger partial charge in [-0.1, -0.05) is 12.1 Å². The first kappa shape index (κ1) is 21.8. The van der Waals surface area contributed by atoms with E-state index < -0.39 is 35.7 Å². The van der Waals surface area contributed by atoms with E-state index in [-0.39, 0.29) is 12.3 Å². The molecule has 3 N–H and O–H groups in total. The molecule has 0 aliphatic heterocycles. The highest BCUT2D eigenvalue weighted by atomic mass is 32.2. The van der Waals surface area contributed by atoms with Gasteiger partial charge in [0.25, 0.3) is 0 Å². The maximum Gasteiger partial charge on any atom is 0.244 e. The second-order valence-corrected chi connectivity index (χ2v) is 9.47. The highest BCUT2D eigenvalue weighted by Crippen LogP contribution is 2.22. The van der Waals surface area contributed by atoms with Crippen molar-refractivity contribution in [3.63, 3.8) is 0 Å². The van der Waals surface area contributed by atoms with Crippen LogP contribution in [-0.2, 0) is 31.4 Å². The Morgan fingerprint density at radius 3 is 1.96 bits per heavy atom. The Balaban J connectivity index is 2.31. The molecule has 0 saturated carbocycles. The molecule has 0 saturated heterocycles. The van der Waals surface area contributed by atoms with Crippen molar-refractivity contribution in [1.29, 1.82) is 0 Å². The second kappa shape index (κ2) is 8.22. The van der Waals surface area contributed by atoms with Crippen LogP contribution in [0.4, 0.5) is 5.69 Å². The zero-order chi connectivity index (χ0) is 21.1. The molecule has 2 aromatic rings. The Hall–Kier alpha value is -2.54. The van der Waals surface area contributed by atoms with Gasteiger partial charge in [-0.25, -0.2) is 26.3 Å². The molecule has 2 rings (SSSR count). The van der Waals surface area contributed by atoms with Gasteiger partial charge < -0.3 is 9.88 Å². The summed E-state index contributed by atoms with van der Waals surface area (Å²) < 4.78 is 53.8. The minimum atomic E-state index is -4.07. The van der Waals surface area contributed by atoms with Crippen LogP contribution in [0.15, 0.2) is 46.5 Å². The molecule has 0 aliphatic carbocycles. The van der Waals surface area contributed by atoms with E-state index in [1.807, 2.05) is 0 Å². The molecule has 0 radical (unpaired) electrons. The van der Waals surface area contributed by atoms with Gasteiger partial charge in [-0.2, -0.15) is 0 Å². The third-order valence-corrected chi connectivity index (χ3v) is 6.82. The average molecular weight is 428 g/mol. The molecule has 0 bridgehead atoms. The van der Waals surface area contributed by atoms with Gasteiger partial charge in [0.2, 0.25) is 26.0 Å². The van der Waals surface area contributed by atoms with Crippen LogP contribution >= 0.6 is 0 Å². The van der Waals surface area contributed by atoms with Crippen molar-refractivity contribution < 1.29 is 26.4 Å². The molecule has 1 aromatic carbocycles. The first-order chi connectivity index (χ1) is 13.0. The van der Waals surface area contributed by atoms with E-state index in [2.05, 4.69) is 14.8 Å². The molecule has 0 spiro atoms. The predicted octanol–water partition coefficient (Wildman–Crippen LogP) is 0.146. The Morgan fingerprint density at radius 1 is 0.964 bits per heavy atom. The third kappa shape index (κ3) is 4.84. The minimum absolute atomic E-state index is 0.162. The predicted molar refractivity (Wildman–Crippen MR) is 102 cm³/mol. The maximum atomic E-state index is 12.3. The molecule has 152 valence electrons. The number of carbonyl (C=O) groups is 2. The van der Waals surface area contributed by atoms with Crippen molar-refractivity contribution in [3.05, 3.63) is 42.2 Å². The zero-order valence-electron chi connectivity index (χ0n) is 15.4.